The minimum atomic E-state index is -0.405. The molecule has 0 saturated heterocycles. The van der Waals surface area contributed by atoms with Gasteiger partial charge in [-0.3, -0.25) is 0 Å². The molecule has 0 atom stereocenters. The second-order valence-corrected chi connectivity index (χ2v) is 5.17. The fraction of sp³-hybridized carbons (Fsp3) is 0.400. The predicted octanol–water partition coefficient (Wildman–Crippen LogP) is 3.28. The van der Waals surface area contributed by atoms with Crippen molar-refractivity contribution >= 4 is 27.5 Å². The molecule has 4 heteroatoms. The molecule has 2 rings (SSSR count). The van der Waals surface area contributed by atoms with Gasteiger partial charge in [-0.1, -0.05) is 11.6 Å². The Bertz CT molecular complexity index is 353. The second-order valence-electron chi connectivity index (χ2n) is 3.91. The van der Waals surface area contributed by atoms with Gasteiger partial charge in [-0.2, -0.15) is 0 Å². The average Bonchev–Trinajstić information content (AvgIpc) is 2.79. The Hall–Kier alpha value is -0.120. The summed E-state index contributed by atoms with van der Waals surface area (Å²) in [5.41, 5.74) is 6.88. The molecule has 0 heterocycles. The van der Waals surface area contributed by atoms with Crippen molar-refractivity contribution < 1.29 is 4.39 Å². The van der Waals surface area contributed by atoms with Gasteiger partial charge in [0.1, 0.15) is 0 Å². The van der Waals surface area contributed by atoms with E-state index in [1.54, 1.807) is 12.1 Å². The lowest BCUT2D eigenvalue weighted by molar-refractivity contribution is 0.617. The van der Waals surface area contributed by atoms with Crippen LogP contribution in [0.3, 0.4) is 0 Å². The third-order valence-electron chi connectivity index (χ3n) is 2.49. The van der Waals surface area contributed by atoms with E-state index in [0.717, 1.165) is 24.8 Å². The van der Waals surface area contributed by atoms with Crippen LogP contribution in [0.1, 0.15) is 18.4 Å². The lowest BCUT2D eigenvalue weighted by atomic mass is 10.1. The van der Waals surface area contributed by atoms with Crippen LogP contribution in [-0.4, -0.2) is 5.54 Å². The molecule has 1 aliphatic rings. The van der Waals surface area contributed by atoms with Gasteiger partial charge >= 0.3 is 0 Å². The Labute approximate surface area is 95.6 Å². The number of benzene rings is 1. The molecule has 0 spiro atoms. The van der Waals surface area contributed by atoms with Crippen LogP contribution in [0, 0.1) is 5.82 Å². The first kappa shape index (κ1) is 10.4. The first-order valence-electron chi connectivity index (χ1n) is 4.42. The third-order valence-corrected chi connectivity index (χ3v) is 3.34. The van der Waals surface area contributed by atoms with E-state index in [0.29, 0.717) is 4.47 Å². The van der Waals surface area contributed by atoms with Gasteiger partial charge < -0.3 is 5.73 Å². The summed E-state index contributed by atoms with van der Waals surface area (Å²) in [5, 5.41) is 0.152. The largest absolute Gasteiger partial charge is 0.325 e. The fourth-order valence-electron chi connectivity index (χ4n) is 1.45. The van der Waals surface area contributed by atoms with Crippen LogP contribution in [0.2, 0.25) is 5.02 Å². The molecule has 1 saturated carbocycles. The summed E-state index contributed by atoms with van der Waals surface area (Å²) in [6.45, 7) is 0. The molecular weight excluding hydrogens is 268 g/mol. The average molecular weight is 279 g/mol. The molecule has 0 aliphatic heterocycles. The molecule has 0 unspecified atom stereocenters. The molecule has 0 amide bonds. The first-order chi connectivity index (χ1) is 6.50. The molecule has 1 aromatic rings. The van der Waals surface area contributed by atoms with Crippen LogP contribution in [0.25, 0.3) is 0 Å². The maximum Gasteiger partial charge on any atom is 0.155 e. The van der Waals surface area contributed by atoms with E-state index in [4.69, 9.17) is 17.3 Å². The lowest BCUT2D eigenvalue weighted by Crippen LogP contribution is -2.24. The second kappa shape index (κ2) is 3.47. The zero-order valence-corrected chi connectivity index (χ0v) is 9.83. The summed E-state index contributed by atoms with van der Waals surface area (Å²) in [5.74, 6) is -0.405. The van der Waals surface area contributed by atoms with E-state index in [-0.39, 0.29) is 10.6 Å². The molecule has 14 heavy (non-hydrogen) atoms. The van der Waals surface area contributed by atoms with Gasteiger partial charge in [0.25, 0.3) is 0 Å². The highest BCUT2D eigenvalue weighted by Gasteiger charge is 2.38. The molecular formula is C10H10BrClFN. The van der Waals surface area contributed by atoms with E-state index in [1.807, 2.05) is 0 Å². The Balaban J connectivity index is 2.26. The van der Waals surface area contributed by atoms with E-state index in [2.05, 4.69) is 15.9 Å². The monoisotopic (exact) mass is 277 g/mol. The van der Waals surface area contributed by atoms with Gasteiger partial charge in [0.2, 0.25) is 0 Å². The maximum absolute atomic E-state index is 13.1. The van der Waals surface area contributed by atoms with Crippen molar-refractivity contribution in [2.24, 2.45) is 5.73 Å². The van der Waals surface area contributed by atoms with Crippen LogP contribution in [0.5, 0.6) is 0 Å². The van der Waals surface area contributed by atoms with Crippen LogP contribution in [0.4, 0.5) is 4.39 Å². The normalized spacial score (nSPS) is 18.3. The molecule has 1 fully saturated rings. The maximum atomic E-state index is 13.1. The van der Waals surface area contributed by atoms with Crippen LogP contribution in [0.15, 0.2) is 16.6 Å². The smallest absolute Gasteiger partial charge is 0.155 e. The van der Waals surface area contributed by atoms with Crippen LogP contribution < -0.4 is 5.73 Å². The Kier molecular flexibility index (Phi) is 2.58. The summed E-state index contributed by atoms with van der Waals surface area (Å²) in [4.78, 5) is 0. The quantitative estimate of drug-likeness (QED) is 0.826. The van der Waals surface area contributed by atoms with Crippen molar-refractivity contribution in [1.82, 2.24) is 0 Å². The number of hydrogen-bond acceptors (Lipinski definition) is 1. The molecule has 1 aliphatic carbocycles. The molecule has 1 nitrogen and oxygen atoms in total. The standard InChI is InChI=1S/C10H10BrClFN/c11-7-3-6(4-8(12)9(7)13)5-10(14)1-2-10/h3-4H,1-2,5,14H2. The number of nitrogens with two attached hydrogens (primary N) is 1. The summed E-state index contributed by atoms with van der Waals surface area (Å²) in [6.07, 6.45) is 2.85. The minimum Gasteiger partial charge on any atom is -0.325 e. The zero-order chi connectivity index (χ0) is 10.3. The molecule has 0 bridgehead atoms. The topological polar surface area (TPSA) is 26.0 Å². The van der Waals surface area contributed by atoms with Crippen molar-refractivity contribution in [3.8, 4) is 0 Å². The Morgan fingerprint density at radius 3 is 2.64 bits per heavy atom. The van der Waals surface area contributed by atoms with Gasteiger partial charge in [-0.25, -0.2) is 4.39 Å². The SMILES string of the molecule is NC1(Cc2cc(Cl)c(F)c(Br)c2)CC1. The van der Waals surface area contributed by atoms with Gasteiger partial charge in [0, 0.05) is 5.54 Å². The Morgan fingerprint density at radius 1 is 1.50 bits per heavy atom. The summed E-state index contributed by atoms with van der Waals surface area (Å²) in [7, 11) is 0. The van der Waals surface area contributed by atoms with Crippen molar-refractivity contribution in [3.63, 3.8) is 0 Å². The lowest BCUT2D eigenvalue weighted by Gasteiger charge is -2.09. The predicted molar refractivity (Wildman–Crippen MR) is 59.0 cm³/mol. The van der Waals surface area contributed by atoms with E-state index in [1.165, 1.54) is 0 Å². The van der Waals surface area contributed by atoms with Crippen molar-refractivity contribution in [3.05, 3.63) is 33.0 Å². The van der Waals surface area contributed by atoms with Crippen molar-refractivity contribution in [2.45, 2.75) is 24.8 Å². The zero-order valence-electron chi connectivity index (χ0n) is 7.49. The highest BCUT2D eigenvalue weighted by Crippen LogP contribution is 2.37. The summed E-state index contributed by atoms with van der Waals surface area (Å²) < 4.78 is 13.6. The number of halogens is 3. The molecule has 76 valence electrons. The van der Waals surface area contributed by atoms with Gasteiger partial charge in [-0.15, -0.1) is 0 Å². The molecule has 2 N–H and O–H groups in total. The fourth-order valence-corrected chi connectivity index (χ4v) is 2.32. The number of rotatable bonds is 2. The van der Waals surface area contributed by atoms with Crippen molar-refractivity contribution in [1.29, 1.82) is 0 Å². The molecule has 1 aromatic carbocycles. The molecule has 0 aromatic heterocycles. The third kappa shape index (κ3) is 2.10. The Morgan fingerprint density at radius 2 is 2.14 bits per heavy atom. The van der Waals surface area contributed by atoms with Crippen LogP contribution >= 0.6 is 27.5 Å². The van der Waals surface area contributed by atoms with Crippen molar-refractivity contribution in [2.75, 3.05) is 0 Å². The van der Waals surface area contributed by atoms with E-state index < -0.39 is 5.82 Å². The first-order valence-corrected chi connectivity index (χ1v) is 5.60. The minimum absolute atomic E-state index is 0.0689. The van der Waals surface area contributed by atoms with E-state index >= 15 is 0 Å². The summed E-state index contributed by atoms with van der Waals surface area (Å²) >= 11 is 8.85. The van der Waals surface area contributed by atoms with Gasteiger partial charge in [-0.05, 0) is 52.9 Å². The highest BCUT2D eigenvalue weighted by atomic mass is 79.9. The van der Waals surface area contributed by atoms with E-state index in [9.17, 15) is 4.39 Å². The molecule has 0 radical (unpaired) electrons. The van der Waals surface area contributed by atoms with Crippen LogP contribution in [-0.2, 0) is 6.42 Å². The summed E-state index contributed by atoms with van der Waals surface area (Å²) in [6, 6.07) is 3.39. The number of hydrogen-bond donors (Lipinski definition) is 1. The highest BCUT2D eigenvalue weighted by molar-refractivity contribution is 9.10. The van der Waals surface area contributed by atoms with Gasteiger partial charge in [0.05, 0.1) is 9.50 Å². The van der Waals surface area contributed by atoms with Gasteiger partial charge in [0.15, 0.2) is 5.82 Å².